The lowest BCUT2D eigenvalue weighted by molar-refractivity contribution is 0.416. The van der Waals surface area contributed by atoms with Gasteiger partial charge < -0.3 is 4.74 Å². The van der Waals surface area contributed by atoms with Gasteiger partial charge in [-0.05, 0) is 44.0 Å². The molecule has 3 heteroatoms. The van der Waals surface area contributed by atoms with Crippen molar-refractivity contribution in [3.05, 3.63) is 41.1 Å². The lowest BCUT2D eigenvalue weighted by Gasteiger charge is -2.11. The van der Waals surface area contributed by atoms with Gasteiger partial charge in [-0.1, -0.05) is 11.6 Å². The van der Waals surface area contributed by atoms with Gasteiger partial charge in [0.25, 0.3) is 0 Å². The van der Waals surface area contributed by atoms with Gasteiger partial charge >= 0.3 is 0 Å². The van der Waals surface area contributed by atoms with Gasteiger partial charge in [0.2, 0.25) is 0 Å². The number of hydrogen-bond donors (Lipinski definition) is 0. The first-order chi connectivity index (χ1) is 8.13. The van der Waals surface area contributed by atoms with Crippen LogP contribution in [0.2, 0.25) is 0 Å². The maximum absolute atomic E-state index is 5.38. The summed E-state index contributed by atoms with van der Waals surface area (Å²) in [6, 6.07) is 6.07. The minimum absolute atomic E-state index is 0.832. The molecule has 0 saturated carbocycles. The van der Waals surface area contributed by atoms with Crippen LogP contribution in [-0.2, 0) is 0 Å². The molecular weight excluding hydrogens is 212 g/mol. The molecule has 1 aromatic carbocycles. The summed E-state index contributed by atoms with van der Waals surface area (Å²) in [5.74, 6) is 0.832. The molecule has 0 N–H and O–H groups in total. The van der Waals surface area contributed by atoms with Crippen molar-refractivity contribution in [2.24, 2.45) is 0 Å². The van der Waals surface area contributed by atoms with Crippen molar-refractivity contribution >= 4 is 0 Å². The molecule has 0 radical (unpaired) electrons. The Morgan fingerprint density at radius 3 is 2.59 bits per heavy atom. The van der Waals surface area contributed by atoms with E-state index in [1.54, 1.807) is 13.3 Å². The first kappa shape index (κ1) is 11.6. The van der Waals surface area contributed by atoms with E-state index in [2.05, 4.69) is 30.1 Å². The molecule has 2 rings (SSSR count). The fourth-order valence-corrected chi connectivity index (χ4v) is 1.79. The van der Waals surface area contributed by atoms with E-state index < -0.39 is 0 Å². The summed E-state index contributed by atoms with van der Waals surface area (Å²) < 4.78 is 5.38. The summed E-state index contributed by atoms with van der Waals surface area (Å²) >= 11 is 0. The van der Waals surface area contributed by atoms with Gasteiger partial charge in [0.15, 0.2) is 0 Å². The number of ether oxygens (including phenoxy) is 1. The van der Waals surface area contributed by atoms with Crippen LogP contribution in [0.4, 0.5) is 0 Å². The van der Waals surface area contributed by atoms with Gasteiger partial charge in [0.05, 0.1) is 19.0 Å². The number of aromatic nitrogens is 2. The molecule has 1 aromatic heterocycles. The number of hydrogen-bond acceptors (Lipinski definition) is 3. The number of aryl methyl sites for hydroxylation is 2. The van der Waals surface area contributed by atoms with Crippen LogP contribution < -0.4 is 4.74 Å². The Morgan fingerprint density at radius 2 is 1.88 bits per heavy atom. The number of nitrogens with zero attached hydrogens (tertiary/aromatic N) is 2. The highest BCUT2D eigenvalue weighted by atomic mass is 16.5. The zero-order valence-corrected chi connectivity index (χ0v) is 10.6. The molecule has 0 atom stereocenters. The minimum Gasteiger partial charge on any atom is -0.496 e. The molecular formula is C14H16N2O. The van der Waals surface area contributed by atoms with Gasteiger partial charge in [-0.2, -0.15) is 10.2 Å². The molecule has 0 aliphatic rings. The fraction of sp³-hybridized carbons (Fsp3) is 0.286. The summed E-state index contributed by atoms with van der Waals surface area (Å²) in [4.78, 5) is 0. The van der Waals surface area contributed by atoms with Crippen LogP contribution in [0.25, 0.3) is 11.3 Å². The van der Waals surface area contributed by atoms with E-state index in [1.165, 1.54) is 5.56 Å². The third-order valence-corrected chi connectivity index (χ3v) is 2.97. The zero-order chi connectivity index (χ0) is 12.4. The third-order valence-electron chi connectivity index (χ3n) is 2.97. The lowest BCUT2D eigenvalue weighted by atomic mass is 10.0. The maximum Gasteiger partial charge on any atom is 0.128 e. The maximum atomic E-state index is 5.38. The summed E-state index contributed by atoms with van der Waals surface area (Å²) in [5.41, 5.74) is 5.36. The van der Waals surface area contributed by atoms with E-state index in [9.17, 15) is 0 Å². The van der Waals surface area contributed by atoms with Gasteiger partial charge in [0.1, 0.15) is 5.75 Å². The van der Waals surface area contributed by atoms with Crippen LogP contribution >= 0.6 is 0 Å². The Kier molecular flexibility index (Phi) is 3.09. The van der Waals surface area contributed by atoms with E-state index in [-0.39, 0.29) is 0 Å². The molecule has 0 aliphatic carbocycles. The summed E-state index contributed by atoms with van der Waals surface area (Å²) in [6.07, 6.45) is 1.78. The highest BCUT2D eigenvalue weighted by Crippen LogP contribution is 2.31. The van der Waals surface area contributed by atoms with E-state index in [1.807, 2.05) is 19.1 Å². The predicted octanol–water partition coefficient (Wildman–Crippen LogP) is 3.08. The molecule has 0 amide bonds. The standard InChI is InChI=1S/C14H16N2O/c1-9-5-6-13(17-4)12(7-9)14-11(3)10(2)8-15-16-14/h5-8H,1-4H3. The van der Waals surface area contributed by atoms with Crippen molar-refractivity contribution in [2.45, 2.75) is 20.8 Å². The summed E-state index contributed by atoms with van der Waals surface area (Å²) in [7, 11) is 1.67. The highest BCUT2D eigenvalue weighted by Gasteiger charge is 2.11. The van der Waals surface area contributed by atoms with E-state index in [4.69, 9.17) is 4.74 Å². The second-order valence-corrected chi connectivity index (χ2v) is 4.20. The lowest BCUT2D eigenvalue weighted by Crippen LogP contribution is -1.97. The van der Waals surface area contributed by atoms with E-state index in [0.717, 1.165) is 28.1 Å². The van der Waals surface area contributed by atoms with Gasteiger partial charge in [-0.15, -0.1) is 0 Å². The normalized spacial score (nSPS) is 10.4. The second kappa shape index (κ2) is 4.53. The first-order valence-electron chi connectivity index (χ1n) is 5.57. The van der Waals surface area contributed by atoms with Crippen LogP contribution in [0.3, 0.4) is 0 Å². The Morgan fingerprint density at radius 1 is 1.12 bits per heavy atom. The summed E-state index contributed by atoms with van der Waals surface area (Å²) in [6.45, 7) is 6.15. The first-order valence-corrected chi connectivity index (χ1v) is 5.57. The SMILES string of the molecule is COc1ccc(C)cc1-c1nncc(C)c1C. The van der Waals surface area contributed by atoms with Crippen LogP contribution in [0, 0.1) is 20.8 Å². The molecule has 0 fully saturated rings. The average Bonchev–Trinajstić information content (AvgIpc) is 2.33. The van der Waals surface area contributed by atoms with Crippen LogP contribution in [0.15, 0.2) is 24.4 Å². The molecule has 1 heterocycles. The number of benzene rings is 1. The predicted molar refractivity (Wildman–Crippen MR) is 68.2 cm³/mol. The van der Waals surface area contributed by atoms with Crippen molar-refractivity contribution in [2.75, 3.05) is 7.11 Å². The Hall–Kier alpha value is -1.90. The van der Waals surface area contributed by atoms with Gasteiger partial charge in [-0.25, -0.2) is 0 Å². The molecule has 0 bridgehead atoms. The van der Waals surface area contributed by atoms with E-state index in [0.29, 0.717) is 0 Å². The molecule has 3 nitrogen and oxygen atoms in total. The Balaban J connectivity index is 2.67. The van der Waals surface area contributed by atoms with Crippen molar-refractivity contribution in [1.29, 1.82) is 0 Å². The van der Waals surface area contributed by atoms with Crippen LogP contribution in [0.5, 0.6) is 5.75 Å². The Labute approximate surface area is 101 Å². The largest absolute Gasteiger partial charge is 0.496 e. The molecule has 0 aliphatic heterocycles. The summed E-state index contributed by atoms with van der Waals surface area (Å²) in [5, 5.41) is 8.25. The zero-order valence-electron chi connectivity index (χ0n) is 10.6. The van der Waals surface area contributed by atoms with Gasteiger partial charge in [0, 0.05) is 5.56 Å². The molecule has 88 valence electrons. The van der Waals surface area contributed by atoms with Crippen molar-refractivity contribution in [1.82, 2.24) is 10.2 Å². The molecule has 0 spiro atoms. The Bertz CT molecular complexity index is 550. The van der Waals surface area contributed by atoms with Crippen LogP contribution in [-0.4, -0.2) is 17.3 Å². The topological polar surface area (TPSA) is 35.0 Å². The third kappa shape index (κ3) is 2.13. The van der Waals surface area contributed by atoms with Crippen molar-refractivity contribution < 1.29 is 4.74 Å². The van der Waals surface area contributed by atoms with Gasteiger partial charge in [-0.3, -0.25) is 0 Å². The molecule has 2 aromatic rings. The second-order valence-electron chi connectivity index (χ2n) is 4.20. The van der Waals surface area contributed by atoms with Crippen LogP contribution in [0.1, 0.15) is 16.7 Å². The number of rotatable bonds is 2. The smallest absolute Gasteiger partial charge is 0.128 e. The van der Waals surface area contributed by atoms with Crippen molar-refractivity contribution in [3.63, 3.8) is 0 Å². The van der Waals surface area contributed by atoms with E-state index >= 15 is 0 Å². The fourth-order valence-electron chi connectivity index (χ4n) is 1.79. The molecule has 17 heavy (non-hydrogen) atoms. The monoisotopic (exact) mass is 228 g/mol. The molecule has 0 saturated heterocycles. The van der Waals surface area contributed by atoms with Crippen molar-refractivity contribution in [3.8, 4) is 17.0 Å². The minimum atomic E-state index is 0.832. The average molecular weight is 228 g/mol. The number of methoxy groups -OCH3 is 1. The highest BCUT2D eigenvalue weighted by molar-refractivity contribution is 5.70. The quantitative estimate of drug-likeness (QED) is 0.792. The molecule has 0 unspecified atom stereocenters.